The maximum absolute atomic E-state index is 12.8. The summed E-state index contributed by atoms with van der Waals surface area (Å²) in [6.07, 6.45) is 3.33. The van der Waals surface area contributed by atoms with Crippen molar-refractivity contribution in [2.45, 2.75) is 25.4 Å². The molecule has 3 aliphatic rings. The number of likely N-dealkylation sites (N-methyl/N-ethyl adjacent to an activating group) is 1. The van der Waals surface area contributed by atoms with Crippen molar-refractivity contribution >= 4 is 11.8 Å². The van der Waals surface area contributed by atoms with Crippen LogP contribution in [0.2, 0.25) is 0 Å². The second-order valence-corrected chi connectivity index (χ2v) is 7.37. The number of nitrogens with zero attached hydrogens (tertiary/aromatic N) is 5. The van der Waals surface area contributed by atoms with Gasteiger partial charge in [0.2, 0.25) is 11.8 Å². The van der Waals surface area contributed by atoms with Crippen LogP contribution < -0.4 is 0 Å². The quantitative estimate of drug-likeness (QED) is 0.766. The van der Waals surface area contributed by atoms with Crippen molar-refractivity contribution in [3.05, 3.63) is 24.2 Å². The molecule has 2 amide bonds. The highest BCUT2D eigenvalue weighted by Crippen LogP contribution is 2.30. The Morgan fingerprint density at radius 3 is 2.93 bits per heavy atom. The van der Waals surface area contributed by atoms with Gasteiger partial charge in [-0.2, -0.15) is 4.98 Å². The summed E-state index contributed by atoms with van der Waals surface area (Å²) in [4.78, 5) is 34.7. The summed E-state index contributed by atoms with van der Waals surface area (Å²) < 4.78 is 10.5. The minimum Gasteiger partial charge on any atom is -0.459 e. The first-order valence-electron chi connectivity index (χ1n) is 9.10. The molecule has 9 nitrogen and oxygen atoms in total. The molecule has 3 fully saturated rings. The van der Waals surface area contributed by atoms with E-state index in [9.17, 15) is 9.59 Å². The third-order valence-corrected chi connectivity index (χ3v) is 5.24. The molecule has 9 heteroatoms. The minimum absolute atomic E-state index is 0.0385. The van der Waals surface area contributed by atoms with Gasteiger partial charge >= 0.3 is 0 Å². The standard InChI is InChI=1S/C18H23N5O4/c1-21(2)16(24)11-23-13-6-5-12(18(23)25)8-22(9-13)10-15-19-17(27-20-15)14-4-3-7-26-14/h3-4,7,12-13H,5-6,8-11H2,1-2H3/t12-,13+/m0/s1. The van der Waals surface area contributed by atoms with E-state index in [1.165, 1.54) is 4.90 Å². The van der Waals surface area contributed by atoms with E-state index in [1.807, 2.05) is 0 Å². The van der Waals surface area contributed by atoms with Gasteiger partial charge in [-0.1, -0.05) is 5.16 Å². The van der Waals surface area contributed by atoms with E-state index in [-0.39, 0.29) is 30.3 Å². The van der Waals surface area contributed by atoms with Crippen LogP contribution in [-0.4, -0.2) is 76.4 Å². The Kier molecular flexibility index (Phi) is 4.69. The van der Waals surface area contributed by atoms with E-state index < -0.39 is 0 Å². The van der Waals surface area contributed by atoms with Gasteiger partial charge in [0.1, 0.15) is 6.54 Å². The van der Waals surface area contributed by atoms with E-state index in [0.717, 1.165) is 12.8 Å². The summed E-state index contributed by atoms with van der Waals surface area (Å²) in [5, 5.41) is 4.03. The predicted molar refractivity (Wildman–Crippen MR) is 94.2 cm³/mol. The molecule has 0 unspecified atom stereocenters. The maximum Gasteiger partial charge on any atom is 0.293 e. The van der Waals surface area contributed by atoms with Crippen molar-refractivity contribution < 1.29 is 18.5 Å². The minimum atomic E-state index is -0.0878. The van der Waals surface area contributed by atoms with E-state index in [2.05, 4.69) is 15.0 Å². The number of carbonyl (C=O) groups excluding carboxylic acids is 2. The van der Waals surface area contributed by atoms with Crippen molar-refractivity contribution in [2.75, 3.05) is 33.7 Å². The average molecular weight is 373 g/mol. The van der Waals surface area contributed by atoms with E-state index >= 15 is 0 Å². The zero-order chi connectivity index (χ0) is 19.0. The number of piperidine rings is 1. The van der Waals surface area contributed by atoms with Crippen LogP contribution in [0.1, 0.15) is 18.7 Å². The Morgan fingerprint density at radius 2 is 2.19 bits per heavy atom. The zero-order valence-corrected chi connectivity index (χ0v) is 15.5. The Balaban J connectivity index is 1.45. The molecule has 0 spiro atoms. The molecule has 2 aromatic heterocycles. The van der Waals surface area contributed by atoms with Crippen LogP contribution in [-0.2, 0) is 16.1 Å². The number of furan rings is 1. The molecular weight excluding hydrogens is 350 g/mol. The molecule has 0 saturated carbocycles. The van der Waals surface area contributed by atoms with Crippen molar-refractivity contribution in [2.24, 2.45) is 5.92 Å². The number of amides is 2. The fourth-order valence-electron chi connectivity index (χ4n) is 3.77. The summed E-state index contributed by atoms with van der Waals surface area (Å²) >= 11 is 0. The molecule has 0 radical (unpaired) electrons. The molecule has 2 aromatic rings. The lowest BCUT2D eigenvalue weighted by atomic mass is 9.94. The summed E-state index contributed by atoms with van der Waals surface area (Å²) in [6, 6.07) is 3.57. The van der Waals surface area contributed by atoms with Gasteiger partial charge in [-0.15, -0.1) is 0 Å². The highest BCUT2D eigenvalue weighted by molar-refractivity contribution is 5.86. The number of fused-ring (bicyclic) bond motifs is 4. The largest absolute Gasteiger partial charge is 0.459 e. The number of hydrogen-bond donors (Lipinski definition) is 0. The molecule has 3 saturated heterocycles. The fraction of sp³-hybridized carbons (Fsp3) is 0.556. The maximum atomic E-state index is 12.8. The number of carbonyl (C=O) groups is 2. The lowest BCUT2D eigenvalue weighted by Crippen LogP contribution is -2.51. The van der Waals surface area contributed by atoms with E-state index in [1.54, 1.807) is 37.4 Å². The van der Waals surface area contributed by atoms with Gasteiger partial charge in [0, 0.05) is 33.2 Å². The number of aromatic nitrogens is 2. The van der Waals surface area contributed by atoms with Gasteiger partial charge in [0.25, 0.3) is 5.89 Å². The summed E-state index contributed by atoms with van der Waals surface area (Å²) in [5.41, 5.74) is 0. The fourth-order valence-corrected chi connectivity index (χ4v) is 3.77. The molecule has 5 heterocycles. The molecule has 27 heavy (non-hydrogen) atoms. The van der Waals surface area contributed by atoms with E-state index in [0.29, 0.717) is 37.1 Å². The Bertz CT molecular complexity index is 816. The molecule has 5 rings (SSSR count). The van der Waals surface area contributed by atoms with Crippen molar-refractivity contribution in [1.82, 2.24) is 24.8 Å². The monoisotopic (exact) mass is 373 g/mol. The van der Waals surface area contributed by atoms with Gasteiger partial charge < -0.3 is 18.7 Å². The smallest absolute Gasteiger partial charge is 0.293 e. The van der Waals surface area contributed by atoms with E-state index in [4.69, 9.17) is 8.94 Å². The summed E-state index contributed by atoms with van der Waals surface area (Å²) in [5.74, 6) is 1.38. The Hall–Kier alpha value is -2.68. The van der Waals surface area contributed by atoms with Crippen LogP contribution in [0.5, 0.6) is 0 Å². The number of hydrogen-bond acceptors (Lipinski definition) is 7. The van der Waals surface area contributed by atoms with Crippen LogP contribution in [0.25, 0.3) is 11.7 Å². The first-order chi connectivity index (χ1) is 13.0. The first kappa shape index (κ1) is 17.7. The topological polar surface area (TPSA) is 95.9 Å². The van der Waals surface area contributed by atoms with Gasteiger partial charge in [0.15, 0.2) is 11.6 Å². The lowest BCUT2D eigenvalue weighted by Gasteiger charge is -2.36. The van der Waals surface area contributed by atoms with Crippen LogP contribution in [0.3, 0.4) is 0 Å². The van der Waals surface area contributed by atoms with Crippen molar-refractivity contribution in [3.63, 3.8) is 0 Å². The number of rotatable bonds is 5. The van der Waals surface area contributed by atoms with Gasteiger partial charge in [-0.25, -0.2) is 0 Å². The van der Waals surface area contributed by atoms with Gasteiger partial charge in [0.05, 0.1) is 18.7 Å². The summed E-state index contributed by atoms with van der Waals surface area (Å²) in [7, 11) is 3.42. The second-order valence-electron chi connectivity index (χ2n) is 7.37. The molecule has 0 N–H and O–H groups in total. The van der Waals surface area contributed by atoms with Crippen molar-refractivity contribution in [3.8, 4) is 11.7 Å². The van der Waals surface area contributed by atoms with Crippen LogP contribution in [0, 0.1) is 5.92 Å². The molecule has 0 aromatic carbocycles. The highest BCUT2D eigenvalue weighted by atomic mass is 16.5. The van der Waals surface area contributed by atoms with Crippen LogP contribution in [0.15, 0.2) is 27.3 Å². The van der Waals surface area contributed by atoms with Crippen LogP contribution in [0.4, 0.5) is 0 Å². The highest BCUT2D eigenvalue weighted by Gasteiger charge is 2.41. The second kappa shape index (κ2) is 7.15. The van der Waals surface area contributed by atoms with Gasteiger partial charge in [-0.3, -0.25) is 14.5 Å². The van der Waals surface area contributed by atoms with Crippen molar-refractivity contribution in [1.29, 1.82) is 0 Å². The average Bonchev–Trinajstić information content (AvgIpc) is 3.25. The third kappa shape index (κ3) is 3.59. The van der Waals surface area contributed by atoms with Gasteiger partial charge in [-0.05, 0) is 25.0 Å². The first-order valence-corrected chi connectivity index (χ1v) is 9.10. The Labute approximate surface area is 156 Å². The molecular formula is C18H23N5O4. The molecule has 2 atom stereocenters. The molecule has 144 valence electrons. The third-order valence-electron chi connectivity index (χ3n) is 5.24. The molecule has 3 aliphatic heterocycles. The Morgan fingerprint density at radius 1 is 1.33 bits per heavy atom. The zero-order valence-electron chi connectivity index (χ0n) is 15.5. The summed E-state index contributed by atoms with van der Waals surface area (Å²) in [6.45, 7) is 1.99. The van der Waals surface area contributed by atoms with Crippen LogP contribution >= 0.6 is 0 Å². The SMILES string of the molecule is CN(C)C(=O)CN1C(=O)[C@H]2CC[C@@H]1CN(Cc1noc(-c3ccco3)n1)C2. The normalized spacial score (nSPS) is 22.9. The predicted octanol–water partition coefficient (Wildman–Crippen LogP) is 0.841. The molecule has 2 bridgehead atoms. The lowest BCUT2D eigenvalue weighted by molar-refractivity contribution is -0.145. The molecule has 0 aliphatic carbocycles.